The van der Waals surface area contributed by atoms with Crippen molar-refractivity contribution in [3.05, 3.63) is 29.6 Å². The van der Waals surface area contributed by atoms with E-state index in [1.54, 1.807) is 6.07 Å². The van der Waals surface area contributed by atoms with Gasteiger partial charge in [0, 0.05) is 13.1 Å². The van der Waals surface area contributed by atoms with Crippen LogP contribution in [0.1, 0.15) is 12.5 Å². The molecule has 2 atom stereocenters. The van der Waals surface area contributed by atoms with Gasteiger partial charge in [-0.05, 0) is 23.6 Å². The third-order valence-electron chi connectivity index (χ3n) is 3.85. The Balaban J connectivity index is 2.02. The first kappa shape index (κ1) is 15.3. The van der Waals surface area contributed by atoms with Crippen LogP contribution in [0, 0.1) is 17.7 Å². The van der Waals surface area contributed by atoms with E-state index in [9.17, 15) is 14.0 Å². The molecule has 0 aromatic heterocycles. The van der Waals surface area contributed by atoms with Crippen LogP contribution in [0.4, 0.5) is 4.39 Å². The maximum Gasteiger partial charge on any atom is 0.308 e. The number of carbonyl (C=O) groups is 2. The highest BCUT2D eigenvalue weighted by molar-refractivity contribution is 5.81. The zero-order valence-corrected chi connectivity index (χ0v) is 12.0. The number of aliphatic carboxylic acids is 1. The van der Waals surface area contributed by atoms with E-state index in [0.717, 1.165) is 0 Å². The minimum absolute atomic E-state index is 0.0555. The quantitative estimate of drug-likeness (QED) is 0.915. The number of nitrogens with zero attached hydrogens (tertiary/aromatic N) is 1. The summed E-state index contributed by atoms with van der Waals surface area (Å²) in [6.45, 7) is 2.46. The highest BCUT2D eigenvalue weighted by Gasteiger charge is 2.36. The summed E-state index contributed by atoms with van der Waals surface area (Å²) < 4.78 is 18.4. The number of carbonyl (C=O) groups excluding carboxylic acids is 1. The van der Waals surface area contributed by atoms with Crippen molar-refractivity contribution in [2.24, 2.45) is 11.8 Å². The Morgan fingerprint density at radius 1 is 1.43 bits per heavy atom. The molecule has 6 heteroatoms. The van der Waals surface area contributed by atoms with Crippen molar-refractivity contribution in [1.29, 1.82) is 0 Å². The number of hydrogen-bond donors (Lipinski definition) is 1. The van der Waals surface area contributed by atoms with Crippen molar-refractivity contribution >= 4 is 11.9 Å². The summed E-state index contributed by atoms with van der Waals surface area (Å²) in [6, 6.07) is 4.38. The molecule has 21 heavy (non-hydrogen) atoms. The van der Waals surface area contributed by atoms with Crippen LogP contribution in [-0.2, 0) is 16.0 Å². The molecule has 2 rings (SSSR count). The van der Waals surface area contributed by atoms with Crippen LogP contribution in [0.2, 0.25) is 0 Å². The molecule has 1 aliphatic heterocycles. The molecule has 1 aromatic carbocycles. The Hall–Kier alpha value is -2.11. The highest BCUT2D eigenvalue weighted by Crippen LogP contribution is 2.24. The summed E-state index contributed by atoms with van der Waals surface area (Å²) >= 11 is 0. The van der Waals surface area contributed by atoms with Crippen molar-refractivity contribution in [1.82, 2.24) is 4.90 Å². The van der Waals surface area contributed by atoms with Crippen LogP contribution < -0.4 is 4.74 Å². The smallest absolute Gasteiger partial charge is 0.308 e. The Morgan fingerprint density at radius 2 is 2.14 bits per heavy atom. The molecule has 0 spiro atoms. The molecule has 1 fully saturated rings. The molecular weight excluding hydrogens is 277 g/mol. The molecular formula is C15H18FNO4. The first-order chi connectivity index (χ1) is 9.92. The first-order valence-electron chi connectivity index (χ1n) is 6.75. The number of carboxylic acids is 1. The third kappa shape index (κ3) is 3.32. The number of amides is 1. The van der Waals surface area contributed by atoms with Gasteiger partial charge < -0.3 is 14.7 Å². The maximum absolute atomic E-state index is 13.6. The molecule has 0 unspecified atom stereocenters. The van der Waals surface area contributed by atoms with Crippen LogP contribution in [0.25, 0.3) is 0 Å². The van der Waals surface area contributed by atoms with E-state index < -0.39 is 17.7 Å². The van der Waals surface area contributed by atoms with Gasteiger partial charge in [0.15, 0.2) is 11.6 Å². The van der Waals surface area contributed by atoms with Crippen molar-refractivity contribution in [3.63, 3.8) is 0 Å². The lowest BCUT2D eigenvalue weighted by molar-refractivity contribution is -0.142. The van der Waals surface area contributed by atoms with E-state index >= 15 is 0 Å². The number of hydrogen-bond acceptors (Lipinski definition) is 3. The maximum atomic E-state index is 13.6. The minimum atomic E-state index is -0.881. The van der Waals surface area contributed by atoms with Gasteiger partial charge in [-0.3, -0.25) is 9.59 Å². The summed E-state index contributed by atoms with van der Waals surface area (Å²) in [5.41, 5.74) is 0.546. The van der Waals surface area contributed by atoms with Crippen molar-refractivity contribution < 1.29 is 23.8 Å². The normalized spacial score (nSPS) is 21.4. The van der Waals surface area contributed by atoms with Gasteiger partial charge in [-0.25, -0.2) is 4.39 Å². The standard InChI is InChI=1S/C15H18FNO4/c1-9-7-17(8-11(9)15(19)20)14(18)6-10-3-4-13(21-2)12(16)5-10/h3-5,9,11H,6-8H2,1-2H3,(H,19,20)/t9-,11-/m1/s1. The van der Waals surface area contributed by atoms with Gasteiger partial charge >= 0.3 is 5.97 Å². The number of halogens is 1. The Morgan fingerprint density at radius 3 is 2.67 bits per heavy atom. The minimum Gasteiger partial charge on any atom is -0.494 e. The van der Waals surface area contributed by atoms with Gasteiger partial charge in [-0.2, -0.15) is 0 Å². The summed E-state index contributed by atoms with van der Waals surface area (Å²) in [4.78, 5) is 24.8. The fraction of sp³-hybridized carbons (Fsp3) is 0.467. The number of ether oxygens (including phenoxy) is 1. The summed E-state index contributed by atoms with van der Waals surface area (Å²) in [6.07, 6.45) is 0.0555. The van der Waals surface area contributed by atoms with Crippen molar-refractivity contribution in [3.8, 4) is 5.75 Å². The Labute approximate surface area is 122 Å². The van der Waals surface area contributed by atoms with Gasteiger partial charge in [-0.15, -0.1) is 0 Å². The molecule has 1 N–H and O–H groups in total. The zero-order valence-electron chi connectivity index (χ0n) is 12.0. The molecule has 1 aliphatic rings. The van der Waals surface area contributed by atoms with Crippen LogP contribution in [0.15, 0.2) is 18.2 Å². The molecule has 1 amide bonds. The molecule has 114 valence electrons. The number of methoxy groups -OCH3 is 1. The lowest BCUT2D eigenvalue weighted by Gasteiger charge is -2.16. The monoisotopic (exact) mass is 295 g/mol. The largest absolute Gasteiger partial charge is 0.494 e. The lowest BCUT2D eigenvalue weighted by Crippen LogP contribution is -2.31. The van der Waals surface area contributed by atoms with Crippen LogP contribution in [-0.4, -0.2) is 42.1 Å². The Kier molecular flexibility index (Phi) is 4.45. The Bertz CT molecular complexity index is 561. The van der Waals surface area contributed by atoms with Gasteiger partial charge in [0.1, 0.15) is 0 Å². The summed E-state index contributed by atoms with van der Waals surface area (Å²) in [5, 5.41) is 9.07. The molecule has 1 saturated heterocycles. The molecule has 0 aliphatic carbocycles. The van der Waals surface area contributed by atoms with Crippen LogP contribution in [0.3, 0.4) is 0 Å². The van der Waals surface area contributed by atoms with Crippen molar-refractivity contribution in [2.75, 3.05) is 20.2 Å². The molecule has 1 heterocycles. The van der Waals surface area contributed by atoms with Crippen molar-refractivity contribution in [2.45, 2.75) is 13.3 Å². The van der Waals surface area contributed by atoms with E-state index in [2.05, 4.69) is 0 Å². The first-order valence-corrected chi connectivity index (χ1v) is 6.75. The fourth-order valence-electron chi connectivity index (χ4n) is 2.60. The van der Waals surface area contributed by atoms with Gasteiger partial charge in [0.05, 0.1) is 19.4 Å². The average molecular weight is 295 g/mol. The zero-order chi connectivity index (χ0) is 15.6. The van der Waals surface area contributed by atoms with E-state index in [0.29, 0.717) is 12.1 Å². The molecule has 0 bridgehead atoms. The number of benzene rings is 1. The molecule has 1 aromatic rings. The fourth-order valence-corrected chi connectivity index (χ4v) is 2.60. The second kappa shape index (κ2) is 6.11. The van der Waals surface area contributed by atoms with E-state index in [1.807, 2.05) is 6.92 Å². The lowest BCUT2D eigenvalue weighted by atomic mass is 9.99. The summed E-state index contributed by atoms with van der Waals surface area (Å²) in [7, 11) is 1.38. The second-order valence-corrected chi connectivity index (χ2v) is 5.37. The van der Waals surface area contributed by atoms with Gasteiger partial charge in [-0.1, -0.05) is 13.0 Å². The molecule has 0 radical (unpaired) electrons. The highest BCUT2D eigenvalue weighted by atomic mass is 19.1. The predicted molar refractivity (Wildman–Crippen MR) is 73.5 cm³/mol. The second-order valence-electron chi connectivity index (χ2n) is 5.37. The van der Waals surface area contributed by atoms with Crippen LogP contribution in [0.5, 0.6) is 5.75 Å². The predicted octanol–water partition coefficient (Wildman–Crippen LogP) is 1.56. The average Bonchev–Trinajstić information content (AvgIpc) is 2.81. The van der Waals surface area contributed by atoms with Gasteiger partial charge in [0.25, 0.3) is 0 Å². The number of rotatable bonds is 4. The topological polar surface area (TPSA) is 66.8 Å². The third-order valence-corrected chi connectivity index (χ3v) is 3.85. The van der Waals surface area contributed by atoms with E-state index in [-0.39, 0.29) is 30.5 Å². The van der Waals surface area contributed by atoms with E-state index in [1.165, 1.54) is 24.1 Å². The molecule has 0 saturated carbocycles. The molecule has 5 nitrogen and oxygen atoms in total. The van der Waals surface area contributed by atoms with E-state index in [4.69, 9.17) is 9.84 Å². The van der Waals surface area contributed by atoms with Crippen LogP contribution >= 0.6 is 0 Å². The SMILES string of the molecule is COc1ccc(CC(=O)N2C[C@@H](C)[C@H](C(=O)O)C2)cc1F. The van der Waals surface area contributed by atoms with Gasteiger partial charge in [0.2, 0.25) is 5.91 Å². The number of carboxylic acid groups (broad SMARTS) is 1. The number of likely N-dealkylation sites (tertiary alicyclic amines) is 1. The summed E-state index contributed by atoms with van der Waals surface area (Å²) in [5.74, 6) is -2.04.